The maximum atomic E-state index is 10.4. The molecule has 0 bridgehead atoms. The lowest BCUT2D eigenvalue weighted by Crippen LogP contribution is -2.28. The number of fused-ring (bicyclic) bond motifs is 5. The summed E-state index contributed by atoms with van der Waals surface area (Å²) in [6.07, 6.45) is 0. The van der Waals surface area contributed by atoms with Crippen LogP contribution in [0.4, 0.5) is 0 Å². The summed E-state index contributed by atoms with van der Waals surface area (Å²) in [6, 6.07) is 17.7. The van der Waals surface area contributed by atoms with Crippen molar-refractivity contribution in [3.8, 4) is 11.8 Å². The summed E-state index contributed by atoms with van der Waals surface area (Å²) in [6.45, 7) is 0. The van der Waals surface area contributed by atoms with Crippen molar-refractivity contribution in [2.45, 2.75) is 0 Å². The van der Waals surface area contributed by atoms with Crippen LogP contribution in [0.15, 0.2) is 48.5 Å². The summed E-state index contributed by atoms with van der Waals surface area (Å²) in [5.41, 5.74) is 3.93. The van der Waals surface area contributed by atoms with Gasteiger partial charge in [0.15, 0.2) is 22.3 Å². The lowest BCUT2D eigenvalue weighted by molar-refractivity contribution is -0.618. The first-order valence-corrected chi connectivity index (χ1v) is 6.67. The molecular weight excluding hydrogens is 262 g/mol. The van der Waals surface area contributed by atoms with E-state index in [1.165, 1.54) is 0 Å². The molecule has 1 N–H and O–H groups in total. The number of hydrogen-bond donors (Lipinski definition) is 1. The summed E-state index contributed by atoms with van der Waals surface area (Å²) in [7, 11) is 1.91. The van der Waals surface area contributed by atoms with Gasteiger partial charge in [-0.05, 0) is 24.3 Å². The van der Waals surface area contributed by atoms with Crippen molar-refractivity contribution in [3.05, 3.63) is 54.1 Å². The highest BCUT2D eigenvalue weighted by atomic mass is 16.3. The molecule has 0 unspecified atom stereocenters. The van der Waals surface area contributed by atoms with Gasteiger partial charge in [-0.15, -0.1) is 0 Å². The SMILES string of the molecule is C[n+]1c2ccccc2n2c3ccccc3c(O)c(C#N)c21. The van der Waals surface area contributed by atoms with Gasteiger partial charge >= 0.3 is 5.65 Å². The minimum Gasteiger partial charge on any atom is -0.505 e. The molecule has 4 nitrogen and oxygen atoms in total. The number of aromatic hydroxyl groups is 1. The van der Waals surface area contributed by atoms with Gasteiger partial charge < -0.3 is 5.11 Å². The van der Waals surface area contributed by atoms with Crippen LogP contribution in [0.2, 0.25) is 0 Å². The molecule has 2 heterocycles. The topological polar surface area (TPSA) is 52.3 Å². The normalized spacial score (nSPS) is 11.2. The molecule has 0 atom stereocenters. The Morgan fingerprint density at radius 1 is 1.05 bits per heavy atom. The van der Waals surface area contributed by atoms with Crippen molar-refractivity contribution in [1.29, 1.82) is 5.26 Å². The predicted octanol–water partition coefficient (Wildman–Crippen LogP) is 2.65. The van der Waals surface area contributed by atoms with Crippen molar-refractivity contribution in [2.75, 3.05) is 0 Å². The first kappa shape index (κ1) is 11.7. The molecule has 0 saturated heterocycles. The fourth-order valence-electron chi connectivity index (χ4n) is 3.05. The molecule has 2 aromatic heterocycles. The Kier molecular flexibility index (Phi) is 2.22. The molecule has 0 saturated carbocycles. The molecule has 4 rings (SSSR count). The van der Waals surface area contributed by atoms with Gasteiger partial charge in [0.1, 0.15) is 11.6 Å². The van der Waals surface area contributed by atoms with E-state index in [0.717, 1.165) is 16.6 Å². The van der Waals surface area contributed by atoms with Crippen molar-refractivity contribution >= 4 is 27.6 Å². The molecule has 4 heteroatoms. The van der Waals surface area contributed by atoms with E-state index < -0.39 is 0 Å². The van der Waals surface area contributed by atoms with Crippen LogP contribution in [0.5, 0.6) is 5.75 Å². The lowest BCUT2D eigenvalue weighted by atomic mass is 10.1. The number of aryl methyl sites for hydroxylation is 1. The van der Waals surface area contributed by atoms with E-state index in [1.54, 1.807) is 0 Å². The number of imidazole rings is 1. The number of para-hydroxylation sites is 3. The molecule has 0 aliphatic heterocycles. The van der Waals surface area contributed by atoms with Crippen LogP contribution in [0.25, 0.3) is 27.6 Å². The fourth-order valence-corrected chi connectivity index (χ4v) is 3.05. The third-order valence-electron chi connectivity index (χ3n) is 3.99. The second-order valence-electron chi connectivity index (χ2n) is 5.06. The molecule has 0 fully saturated rings. The van der Waals surface area contributed by atoms with E-state index in [0.29, 0.717) is 16.6 Å². The van der Waals surface area contributed by atoms with Crippen LogP contribution in [0, 0.1) is 11.3 Å². The smallest absolute Gasteiger partial charge is 0.309 e. The van der Waals surface area contributed by atoms with Crippen molar-refractivity contribution in [2.24, 2.45) is 7.05 Å². The van der Waals surface area contributed by atoms with Gasteiger partial charge in [0.25, 0.3) is 0 Å². The highest BCUT2D eigenvalue weighted by Gasteiger charge is 2.26. The quantitative estimate of drug-likeness (QED) is 0.501. The zero-order chi connectivity index (χ0) is 14.6. The van der Waals surface area contributed by atoms with Gasteiger partial charge in [-0.25, -0.2) is 4.57 Å². The van der Waals surface area contributed by atoms with E-state index in [4.69, 9.17) is 0 Å². The number of hydrogen-bond acceptors (Lipinski definition) is 2. The summed E-state index contributed by atoms with van der Waals surface area (Å²) in [5, 5.41) is 20.6. The number of nitriles is 1. The van der Waals surface area contributed by atoms with E-state index in [1.807, 2.05) is 64.5 Å². The predicted molar refractivity (Wildman–Crippen MR) is 80.0 cm³/mol. The number of aromatic nitrogens is 2. The van der Waals surface area contributed by atoms with Gasteiger partial charge in [0.05, 0.1) is 12.4 Å². The van der Waals surface area contributed by atoms with Crippen molar-refractivity contribution in [1.82, 2.24) is 4.40 Å². The zero-order valence-corrected chi connectivity index (χ0v) is 11.4. The molecule has 0 amide bonds. The summed E-state index contributed by atoms with van der Waals surface area (Å²) >= 11 is 0. The third kappa shape index (κ3) is 1.35. The van der Waals surface area contributed by atoms with E-state index >= 15 is 0 Å². The summed E-state index contributed by atoms with van der Waals surface area (Å²) in [4.78, 5) is 0. The molecule has 0 aliphatic rings. The number of nitrogens with zero attached hydrogens (tertiary/aromatic N) is 3. The maximum Gasteiger partial charge on any atom is 0.309 e. The third-order valence-corrected chi connectivity index (χ3v) is 3.99. The molecule has 4 aromatic rings. The summed E-state index contributed by atoms with van der Waals surface area (Å²) < 4.78 is 3.98. The molecule has 100 valence electrons. The van der Waals surface area contributed by atoms with Crippen molar-refractivity contribution in [3.63, 3.8) is 0 Å². The summed E-state index contributed by atoms with van der Waals surface area (Å²) in [5.74, 6) is 0.0407. The minimum absolute atomic E-state index is 0.0407. The Morgan fingerprint density at radius 3 is 2.48 bits per heavy atom. The first-order chi connectivity index (χ1) is 10.2. The van der Waals surface area contributed by atoms with Crippen LogP contribution < -0.4 is 4.57 Å². The van der Waals surface area contributed by atoms with Crippen LogP contribution in [0.3, 0.4) is 0 Å². The van der Waals surface area contributed by atoms with Gasteiger partial charge in [-0.3, -0.25) is 0 Å². The number of rotatable bonds is 0. The van der Waals surface area contributed by atoms with Gasteiger partial charge in [-0.2, -0.15) is 9.66 Å². The number of benzene rings is 2. The Hall–Kier alpha value is -3.06. The van der Waals surface area contributed by atoms with Crippen LogP contribution >= 0.6 is 0 Å². The van der Waals surface area contributed by atoms with Crippen LogP contribution in [-0.4, -0.2) is 9.51 Å². The van der Waals surface area contributed by atoms with E-state index in [9.17, 15) is 10.4 Å². The van der Waals surface area contributed by atoms with Crippen molar-refractivity contribution < 1.29 is 9.67 Å². The van der Waals surface area contributed by atoms with Gasteiger partial charge in [0.2, 0.25) is 0 Å². The van der Waals surface area contributed by atoms with Crippen LogP contribution in [-0.2, 0) is 7.05 Å². The van der Waals surface area contributed by atoms with E-state index in [-0.39, 0.29) is 5.75 Å². The molecule has 21 heavy (non-hydrogen) atoms. The zero-order valence-electron chi connectivity index (χ0n) is 11.4. The van der Waals surface area contributed by atoms with Crippen LogP contribution in [0.1, 0.15) is 5.56 Å². The molecule has 2 aromatic carbocycles. The Labute approximate surface area is 120 Å². The second kappa shape index (κ2) is 3.97. The Bertz CT molecular complexity index is 1070. The number of pyridine rings is 1. The second-order valence-corrected chi connectivity index (χ2v) is 5.06. The highest BCUT2D eigenvalue weighted by Crippen LogP contribution is 2.32. The fraction of sp³-hybridized carbons (Fsp3) is 0.0588. The van der Waals surface area contributed by atoms with Gasteiger partial charge in [-0.1, -0.05) is 24.3 Å². The van der Waals surface area contributed by atoms with E-state index in [2.05, 4.69) is 6.07 Å². The molecule has 0 radical (unpaired) electrons. The Balaban J connectivity index is 2.48. The highest BCUT2D eigenvalue weighted by molar-refractivity contribution is 5.95. The van der Waals surface area contributed by atoms with Gasteiger partial charge in [0, 0.05) is 0 Å². The molecule has 0 aliphatic carbocycles. The Morgan fingerprint density at radius 2 is 1.71 bits per heavy atom. The largest absolute Gasteiger partial charge is 0.505 e. The average Bonchev–Trinajstić information content (AvgIpc) is 2.82. The maximum absolute atomic E-state index is 10.4. The first-order valence-electron chi connectivity index (χ1n) is 6.67. The lowest BCUT2D eigenvalue weighted by Gasteiger charge is -2.03. The monoisotopic (exact) mass is 274 g/mol. The standard InChI is InChI=1S/C17H11N3O/c1-19-14-8-4-5-9-15(14)20-13-7-3-2-6-11(13)16(21)12(10-18)17(19)20/h2-9H,1H3/p+1. The minimum atomic E-state index is 0.0407. The molecule has 0 spiro atoms. The average molecular weight is 274 g/mol. The molecular formula is C17H12N3O+.